The van der Waals surface area contributed by atoms with Gasteiger partial charge in [-0.05, 0) is 36.6 Å². The predicted molar refractivity (Wildman–Crippen MR) is 85.6 cm³/mol. The Labute approximate surface area is 124 Å². The molecule has 1 N–H and O–H groups in total. The lowest BCUT2D eigenvalue weighted by Crippen LogP contribution is -2.49. The molecule has 0 heterocycles. The zero-order chi connectivity index (χ0) is 15.2. The van der Waals surface area contributed by atoms with Crippen molar-refractivity contribution >= 4 is 0 Å². The van der Waals surface area contributed by atoms with Crippen LogP contribution in [0.25, 0.3) is 0 Å². The summed E-state index contributed by atoms with van der Waals surface area (Å²) in [4.78, 5) is 0. The van der Waals surface area contributed by atoms with E-state index in [2.05, 4.69) is 39.9 Å². The average molecular weight is 279 g/mol. The molecule has 1 unspecified atom stereocenters. The van der Waals surface area contributed by atoms with Gasteiger partial charge in [-0.3, -0.25) is 0 Å². The van der Waals surface area contributed by atoms with Crippen LogP contribution >= 0.6 is 0 Å². The molecule has 0 radical (unpaired) electrons. The van der Waals surface area contributed by atoms with E-state index in [1.165, 1.54) is 18.4 Å². The summed E-state index contributed by atoms with van der Waals surface area (Å²) in [6.07, 6.45) is 3.47. The lowest BCUT2D eigenvalue weighted by Gasteiger charge is -2.40. The Morgan fingerprint density at radius 2 is 1.60 bits per heavy atom. The summed E-state index contributed by atoms with van der Waals surface area (Å²) in [5.41, 5.74) is 1.21. The minimum Gasteiger partial charge on any atom is -0.313 e. The van der Waals surface area contributed by atoms with E-state index in [4.69, 9.17) is 0 Å². The Kier molecular flexibility index (Phi) is 6.67. The van der Waals surface area contributed by atoms with Crippen molar-refractivity contribution in [2.45, 2.75) is 65.3 Å². The summed E-state index contributed by atoms with van der Waals surface area (Å²) >= 11 is 0. The van der Waals surface area contributed by atoms with Gasteiger partial charge in [0.15, 0.2) is 0 Å². The summed E-state index contributed by atoms with van der Waals surface area (Å²) in [5.74, 6) is 0.478. The fourth-order valence-electron chi connectivity index (χ4n) is 3.13. The number of benzene rings is 1. The van der Waals surface area contributed by atoms with Crippen molar-refractivity contribution in [2.75, 3.05) is 6.54 Å². The van der Waals surface area contributed by atoms with Gasteiger partial charge in [0.2, 0.25) is 0 Å². The van der Waals surface area contributed by atoms with Crippen molar-refractivity contribution in [3.63, 3.8) is 0 Å². The van der Waals surface area contributed by atoms with Crippen molar-refractivity contribution in [3.05, 3.63) is 35.6 Å². The van der Waals surface area contributed by atoms with Crippen molar-refractivity contribution < 1.29 is 4.39 Å². The number of nitrogens with one attached hydrogen (secondary N) is 1. The molecule has 20 heavy (non-hydrogen) atoms. The van der Waals surface area contributed by atoms with Gasteiger partial charge in [-0.25, -0.2) is 4.39 Å². The van der Waals surface area contributed by atoms with Crippen LogP contribution in [-0.2, 0) is 5.41 Å². The molecule has 1 atom stereocenters. The van der Waals surface area contributed by atoms with Gasteiger partial charge in [-0.1, -0.05) is 59.6 Å². The third kappa shape index (κ3) is 4.05. The normalized spacial score (nSPS) is 13.8. The van der Waals surface area contributed by atoms with Crippen LogP contribution in [0.1, 0.15) is 59.4 Å². The van der Waals surface area contributed by atoms with Crippen LogP contribution in [0.2, 0.25) is 0 Å². The molecule has 1 rings (SSSR count). The van der Waals surface area contributed by atoms with Gasteiger partial charge in [0, 0.05) is 11.5 Å². The van der Waals surface area contributed by atoms with E-state index in [-0.39, 0.29) is 11.2 Å². The Morgan fingerprint density at radius 1 is 1.05 bits per heavy atom. The van der Waals surface area contributed by atoms with Gasteiger partial charge in [0.25, 0.3) is 0 Å². The maximum Gasteiger partial charge on any atom is 0.123 e. The summed E-state index contributed by atoms with van der Waals surface area (Å²) in [6.45, 7) is 12.3. The quantitative estimate of drug-likeness (QED) is 0.713. The smallest absolute Gasteiger partial charge is 0.123 e. The Morgan fingerprint density at radius 3 is 2.05 bits per heavy atom. The Bertz CT molecular complexity index is 379. The molecule has 0 aliphatic rings. The third-order valence-corrected chi connectivity index (χ3v) is 4.50. The van der Waals surface area contributed by atoms with Crippen LogP contribution in [0, 0.1) is 11.7 Å². The lowest BCUT2D eigenvalue weighted by atomic mass is 9.71. The second-order valence-electron chi connectivity index (χ2n) is 6.24. The molecule has 0 saturated heterocycles. The molecular weight excluding hydrogens is 249 g/mol. The molecule has 1 aromatic carbocycles. The van der Waals surface area contributed by atoms with Crippen LogP contribution in [0.3, 0.4) is 0 Å². The second kappa shape index (κ2) is 7.78. The predicted octanol–water partition coefficient (Wildman–Crippen LogP) is 4.91. The minimum absolute atomic E-state index is 0.000440. The number of hydrogen-bond donors (Lipinski definition) is 1. The molecule has 1 nitrogen and oxygen atoms in total. The Balaban J connectivity index is 3.04. The van der Waals surface area contributed by atoms with Crippen molar-refractivity contribution in [1.82, 2.24) is 5.32 Å². The molecule has 0 fully saturated rings. The summed E-state index contributed by atoms with van der Waals surface area (Å²) in [5, 5.41) is 3.73. The highest BCUT2D eigenvalue weighted by atomic mass is 19.1. The molecule has 2 heteroatoms. The first kappa shape index (κ1) is 17.2. The SMILES string of the molecule is CCCNC(C(CC)CC)C(C)(C)c1ccc(F)cc1. The number of halogens is 1. The molecule has 0 saturated carbocycles. The van der Waals surface area contributed by atoms with E-state index in [1.807, 2.05) is 12.1 Å². The van der Waals surface area contributed by atoms with Crippen LogP contribution in [0.5, 0.6) is 0 Å². The summed E-state index contributed by atoms with van der Waals surface area (Å²) in [7, 11) is 0. The van der Waals surface area contributed by atoms with Gasteiger partial charge < -0.3 is 5.32 Å². The van der Waals surface area contributed by atoms with Crippen molar-refractivity contribution in [2.24, 2.45) is 5.92 Å². The monoisotopic (exact) mass is 279 g/mol. The summed E-state index contributed by atoms with van der Waals surface area (Å²) < 4.78 is 13.2. The first-order valence-electron chi connectivity index (χ1n) is 7.96. The molecule has 0 bridgehead atoms. The largest absolute Gasteiger partial charge is 0.313 e. The molecule has 0 aliphatic heterocycles. The summed E-state index contributed by atoms with van der Waals surface area (Å²) in [6, 6.07) is 7.42. The molecule has 0 aromatic heterocycles. The Hall–Kier alpha value is -0.890. The van der Waals surface area contributed by atoms with Gasteiger partial charge in [0.1, 0.15) is 5.82 Å². The average Bonchev–Trinajstić information content (AvgIpc) is 2.43. The van der Waals surface area contributed by atoms with Gasteiger partial charge >= 0.3 is 0 Å². The highest BCUT2D eigenvalue weighted by molar-refractivity contribution is 5.27. The van der Waals surface area contributed by atoms with E-state index >= 15 is 0 Å². The van der Waals surface area contributed by atoms with Gasteiger partial charge in [0.05, 0.1) is 0 Å². The van der Waals surface area contributed by atoms with E-state index in [1.54, 1.807) is 12.1 Å². The van der Waals surface area contributed by atoms with Crippen LogP contribution in [0.4, 0.5) is 4.39 Å². The van der Waals surface area contributed by atoms with E-state index < -0.39 is 0 Å². The lowest BCUT2D eigenvalue weighted by molar-refractivity contribution is 0.233. The molecule has 0 aliphatic carbocycles. The molecule has 114 valence electrons. The fourth-order valence-corrected chi connectivity index (χ4v) is 3.13. The van der Waals surface area contributed by atoms with Crippen LogP contribution in [-0.4, -0.2) is 12.6 Å². The highest BCUT2D eigenvalue weighted by Crippen LogP contribution is 2.33. The van der Waals surface area contributed by atoms with Crippen LogP contribution < -0.4 is 5.32 Å². The molecule has 1 aromatic rings. The standard InChI is InChI=1S/C18H30FN/c1-6-13-20-17(14(7-2)8-3)18(4,5)15-9-11-16(19)12-10-15/h9-12,14,17,20H,6-8,13H2,1-5H3. The molecule has 0 spiro atoms. The third-order valence-electron chi connectivity index (χ3n) is 4.50. The molecular formula is C18H30FN. The highest BCUT2D eigenvalue weighted by Gasteiger charge is 2.35. The van der Waals surface area contributed by atoms with E-state index in [9.17, 15) is 4.39 Å². The van der Waals surface area contributed by atoms with Gasteiger partial charge in [-0.15, -0.1) is 0 Å². The van der Waals surface area contributed by atoms with Gasteiger partial charge in [-0.2, -0.15) is 0 Å². The van der Waals surface area contributed by atoms with Crippen molar-refractivity contribution in [1.29, 1.82) is 0 Å². The fraction of sp³-hybridized carbons (Fsp3) is 0.667. The minimum atomic E-state index is -0.162. The zero-order valence-corrected chi connectivity index (χ0v) is 13.7. The first-order chi connectivity index (χ1) is 9.47. The topological polar surface area (TPSA) is 12.0 Å². The zero-order valence-electron chi connectivity index (χ0n) is 13.7. The molecule has 0 amide bonds. The first-order valence-corrected chi connectivity index (χ1v) is 7.96. The maximum absolute atomic E-state index is 13.2. The number of hydrogen-bond acceptors (Lipinski definition) is 1. The number of rotatable bonds is 8. The van der Waals surface area contributed by atoms with E-state index in [0.717, 1.165) is 13.0 Å². The van der Waals surface area contributed by atoms with Crippen LogP contribution in [0.15, 0.2) is 24.3 Å². The van der Waals surface area contributed by atoms with E-state index in [0.29, 0.717) is 12.0 Å². The second-order valence-corrected chi connectivity index (χ2v) is 6.24. The maximum atomic E-state index is 13.2. The van der Waals surface area contributed by atoms with Crippen molar-refractivity contribution in [3.8, 4) is 0 Å².